The average Bonchev–Trinajstić information content (AvgIpc) is 3.00. The van der Waals surface area contributed by atoms with Crippen LogP contribution in [0.2, 0.25) is 0 Å². The first-order valence-electron chi connectivity index (χ1n) is 5.52. The molecule has 2 fully saturated rings. The van der Waals surface area contributed by atoms with Crippen LogP contribution in [0.25, 0.3) is 0 Å². The lowest BCUT2D eigenvalue weighted by atomic mass is 9.72. The summed E-state index contributed by atoms with van der Waals surface area (Å²) in [6.07, 6.45) is 4.40. The molecule has 0 radical (unpaired) electrons. The van der Waals surface area contributed by atoms with Crippen LogP contribution in [0, 0.1) is 22.6 Å². The van der Waals surface area contributed by atoms with E-state index in [9.17, 15) is 9.65 Å². The van der Waals surface area contributed by atoms with Crippen molar-refractivity contribution in [3.05, 3.63) is 30.1 Å². The van der Waals surface area contributed by atoms with Crippen LogP contribution in [-0.2, 0) is 0 Å². The number of benzene rings is 1. The van der Waals surface area contributed by atoms with E-state index in [1.807, 2.05) is 6.07 Å². The maximum Gasteiger partial charge on any atom is 0.136 e. The highest BCUT2D eigenvalue weighted by molar-refractivity contribution is 8.01. The highest BCUT2D eigenvalue weighted by atomic mass is 32.2. The normalized spacial score (nSPS) is 23.5. The fraction of sp³-hybridized carbons (Fsp3) is 0.462. The monoisotopic (exact) mass is 233 g/mol. The molecule has 0 bridgehead atoms. The van der Waals surface area contributed by atoms with Gasteiger partial charge in [-0.15, -0.1) is 11.8 Å². The zero-order valence-electron chi connectivity index (χ0n) is 8.87. The van der Waals surface area contributed by atoms with Gasteiger partial charge in [-0.1, -0.05) is 12.1 Å². The van der Waals surface area contributed by atoms with Crippen molar-refractivity contribution in [2.45, 2.75) is 35.3 Å². The molecule has 0 aromatic heterocycles. The van der Waals surface area contributed by atoms with E-state index >= 15 is 0 Å². The van der Waals surface area contributed by atoms with Gasteiger partial charge in [-0.2, -0.15) is 5.26 Å². The quantitative estimate of drug-likeness (QED) is 0.776. The van der Waals surface area contributed by atoms with Gasteiger partial charge in [0, 0.05) is 4.90 Å². The molecular weight excluding hydrogens is 221 g/mol. The minimum absolute atomic E-state index is 0.209. The molecule has 0 atom stereocenters. The first kappa shape index (κ1) is 10.2. The SMILES string of the molecule is N#CC1(Sc2ccccc2F)CC2(CC2)C1. The van der Waals surface area contributed by atoms with Gasteiger partial charge in [-0.3, -0.25) is 0 Å². The van der Waals surface area contributed by atoms with Gasteiger partial charge in [0.2, 0.25) is 0 Å². The van der Waals surface area contributed by atoms with Crippen LogP contribution in [0.4, 0.5) is 4.39 Å². The molecular formula is C13H12FNS. The van der Waals surface area contributed by atoms with Gasteiger partial charge in [0.05, 0.1) is 6.07 Å². The number of thioether (sulfide) groups is 1. The highest BCUT2D eigenvalue weighted by Crippen LogP contribution is 2.69. The maximum atomic E-state index is 13.5. The molecule has 0 aliphatic heterocycles. The van der Waals surface area contributed by atoms with Crippen LogP contribution >= 0.6 is 11.8 Å². The Morgan fingerprint density at radius 1 is 1.25 bits per heavy atom. The predicted octanol–water partition coefficient (Wildman–Crippen LogP) is 3.75. The van der Waals surface area contributed by atoms with Crippen LogP contribution in [-0.4, -0.2) is 4.75 Å². The molecule has 0 unspecified atom stereocenters. The number of halogens is 1. The van der Waals surface area contributed by atoms with Crippen molar-refractivity contribution < 1.29 is 4.39 Å². The van der Waals surface area contributed by atoms with Crippen molar-refractivity contribution in [2.24, 2.45) is 5.41 Å². The second-order valence-corrected chi connectivity index (χ2v) is 6.42. The van der Waals surface area contributed by atoms with Crippen LogP contribution in [0.3, 0.4) is 0 Å². The molecule has 16 heavy (non-hydrogen) atoms. The third kappa shape index (κ3) is 1.53. The summed E-state index contributed by atoms with van der Waals surface area (Å²) in [5, 5.41) is 9.26. The third-order valence-corrected chi connectivity index (χ3v) is 4.95. The number of hydrogen-bond donors (Lipinski definition) is 0. The van der Waals surface area contributed by atoms with E-state index in [4.69, 9.17) is 0 Å². The molecule has 0 amide bonds. The maximum absolute atomic E-state index is 13.5. The summed E-state index contributed by atoms with van der Waals surface area (Å²) < 4.78 is 13.1. The van der Waals surface area contributed by atoms with Crippen LogP contribution in [0.5, 0.6) is 0 Å². The lowest BCUT2D eigenvalue weighted by molar-refractivity contribution is 0.250. The fourth-order valence-corrected chi connectivity index (χ4v) is 4.14. The van der Waals surface area contributed by atoms with E-state index in [0.29, 0.717) is 10.3 Å². The Bertz CT molecular complexity index is 465. The van der Waals surface area contributed by atoms with Gasteiger partial charge in [0.1, 0.15) is 10.6 Å². The molecule has 0 saturated heterocycles. The fourth-order valence-electron chi connectivity index (χ4n) is 2.60. The zero-order valence-corrected chi connectivity index (χ0v) is 9.69. The zero-order chi connectivity index (χ0) is 11.2. The molecule has 2 aliphatic rings. The van der Waals surface area contributed by atoms with E-state index in [0.717, 1.165) is 12.8 Å². The number of hydrogen-bond acceptors (Lipinski definition) is 2. The van der Waals surface area contributed by atoms with Crippen molar-refractivity contribution in [2.75, 3.05) is 0 Å². The number of rotatable bonds is 2. The Labute approximate surface area is 98.7 Å². The van der Waals surface area contributed by atoms with Crippen molar-refractivity contribution >= 4 is 11.8 Å². The Morgan fingerprint density at radius 3 is 2.50 bits per heavy atom. The number of nitrogens with zero attached hydrogens (tertiary/aromatic N) is 1. The topological polar surface area (TPSA) is 23.8 Å². The van der Waals surface area contributed by atoms with Crippen molar-refractivity contribution in [3.63, 3.8) is 0 Å². The Balaban J connectivity index is 1.79. The molecule has 1 nitrogen and oxygen atoms in total. The first-order valence-corrected chi connectivity index (χ1v) is 6.34. The molecule has 82 valence electrons. The lowest BCUT2D eigenvalue weighted by Gasteiger charge is -2.42. The summed E-state index contributed by atoms with van der Waals surface area (Å²) in [7, 11) is 0. The van der Waals surface area contributed by atoms with Crippen molar-refractivity contribution in [1.29, 1.82) is 5.26 Å². The van der Waals surface area contributed by atoms with E-state index < -0.39 is 0 Å². The van der Waals surface area contributed by atoms with Gasteiger partial charge in [0.25, 0.3) is 0 Å². The minimum Gasteiger partial charge on any atom is -0.206 e. The number of nitriles is 1. The molecule has 1 aromatic rings. The van der Waals surface area contributed by atoms with Gasteiger partial charge in [0.15, 0.2) is 0 Å². The molecule has 3 heteroatoms. The van der Waals surface area contributed by atoms with E-state index in [2.05, 4.69) is 6.07 Å². The average molecular weight is 233 g/mol. The van der Waals surface area contributed by atoms with Gasteiger partial charge >= 0.3 is 0 Å². The molecule has 0 heterocycles. The van der Waals surface area contributed by atoms with Gasteiger partial charge in [-0.05, 0) is 43.2 Å². The Morgan fingerprint density at radius 2 is 1.94 bits per heavy atom. The smallest absolute Gasteiger partial charge is 0.136 e. The van der Waals surface area contributed by atoms with E-state index in [1.54, 1.807) is 12.1 Å². The molecule has 1 spiro atoms. The lowest BCUT2D eigenvalue weighted by Crippen LogP contribution is -2.40. The summed E-state index contributed by atoms with van der Waals surface area (Å²) in [5.74, 6) is -0.209. The summed E-state index contributed by atoms with van der Waals surface area (Å²) >= 11 is 1.41. The van der Waals surface area contributed by atoms with Crippen LogP contribution in [0.1, 0.15) is 25.7 Å². The highest BCUT2D eigenvalue weighted by Gasteiger charge is 2.61. The summed E-state index contributed by atoms with van der Waals surface area (Å²) in [4.78, 5) is 0.611. The molecule has 0 N–H and O–H groups in total. The largest absolute Gasteiger partial charge is 0.206 e. The second kappa shape index (κ2) is 3.24. The van der Waals surface area contributed by atoms with Crippen LogP contribution < -0.4 is 0 Å². The standard InChI is InChI=1S/C13H12FNS/c14-10-3-1-2-4-11(10)16-13(9-15)7-12(8-13)5-6-12/h1-4H,5-8H2. The van der Waals surface area contributed by atoms with E-state index in [1.165, 1.54) is 30.7 Å². The third-order valence-electron chi connectivity index (χ3n) is 3.62. The van der Waals surface area contributed by atoms with E-state index in [-0.39, 0.29) is 10.6 Å². The molecule has 2 saturated carbocycles. The minimum atomic E-state index is -0.362. The Kier molecular flexibility index (Phi) is 2.06. The first-order chi connectivity index (χ1) is 7.67. The van der Waals surface area contributed by atoms with Crippen molar-refractivity contribution in [1.82, 2.24) is 0 Å². The Hall–Kier alpha value is -1.01. The molecule has 2 aliphatic carbocycles. The van der Waals surface area contributed by atoms with Crippen molar-refractivity contribution in [3.8, 4) is 6.07 Å². The van der Waals surface area contributed by atoms with Gasteiger partial charge < -0.3 is 0 Å². The second-order valence-electron chi connectivity index (χ2n) is 4.99. The summed E-state index contributed by atoms with van der Waals surface area (Å²) in [5.41, 5.74) is 0.466. The summed E-state index contributed by atoms with van der Waals surface area (Å²) in [6.45, 7) is 0. The molecule has 1 aromatic carbocycles. The molecule has 3 rings (SSSR count). The predicted molar refractivity (Wildman–Crippen MR) is 61.5 cm³/mol. The summed E-state index contributed by atoms with van der Waals surface area (Å²) in [6, 6.07) is 9.10. The van der Waals surface area contributed by atoms with Crippen LogP contribution in [0.15, 0.2) is 29.2 Å². The van der Waals surface area contributed by atoms with Gasteiger partial charge in [-0.25, -0.2) is 4.39 Å².